The van der Waals surface area contributed by atoms with Crippen molar-refractivity contribution in [2.75, 3.05) is 23.9 Å². The highest BCUT2D eigenvalue weighted by atomic mass is 79.9. The Kier molecular flexibility index (Phi) is 9.59. The standard InChI is InChI=1S/C34H28BrN3O7/c1-21-7-6-10-24(15-21)36-30(39)20-45-31-28(35)17-23(18-29(31)43-2)16-27-32(40)37-34(42)38(33(27)41)25-11-13-26(14-12-25)44-19-22-8-4-3-5-9-22/h3-18H,19-20H2,1-2H3,(H,36,39)(H,37,40,42)/b27-16+. The Bertz CT molecular complexity index is 1790. The van der Waals surface area contributed by atoms with Gasteiger partial charge >= 0.3 is 6.03 Å². The number of rotatable bonds is 10. The Morgan fingerprint density at radius 2 is 1.69 bits per heavy atom. The van der Waals surface area contributed by atoms with Crippen molar-refractivity contribution in [3.8, 4) is 17.2 Å². The van der Waals surface area contributed by atoms with Gasteiger partial charge in [0.2, 0.25) is 0 Å². The molecule has 0 atom stereocenters. The molecule has 5 rings (SSSR count). The third-order valence-electron chi connectivity index (χ3n) is 6.66. The van der Waals surface area contributed by atoms with Crippen molar-refractivity contribution in [2.24, 2.45) is 0 Å². The van der Waals surface area contributed by atoms with Gasteiger partial charge in [-0.3, -0.25) is 19.7 Å². The SMILES string of the molecule is COc1cc(/C=C2\C(=O)NC(=O)N(c3ccc(OCc4ccccc4)cc3)C2=O)cc(Br)c1OCC(=O)Nc1cccc(C)c1. The maximum atomic E-state index is 13.4. The normalized spacial score (nSPS) is 13.8. The molecule has 1 aliphatic heterocycles. The van der Waals surface area contributed by atoms with Crippen LogP contribution in [0.25, 0.3) is 6.08 Å². The lowest BCUT2D eigenvalue weighted by atomic mass is 10.1. The average molecular weight is 671 g/mol. The van der Waals surface area contributed by atoms with E-state index in [4.69, 9.17) is 14.2 Å². The third kappa shape index (κ3) is 7.57. The van der Waals surface area contributed by atoms with Crippen LogP contribution in [-0.2, 0) is 21.0 Å². The van der Waals surface area contributed by atoms with Gasteiger partial charge in [-0.25, -0.2) is 9.69 Å². The Morgan fingerprint density at radius 3 is 2.40 bits per heavy atom. The molecule has 0 aliphatic carbocycles. The monoisotopic (exact) mass is 669 g/mol. The van der Waals surface area contributed by atoms with Gasteiger partial charge < -0.3 is 19.5 Å². The van der Waals surface area contributed by atoms with Gasteiger partial charge in [0.15, 0.2) is 18.1 Å². The number of urea groups is 1. The van der Waals surface area contributed by atoms with Gasteiger partial charge in [-0.1, -0.05) is 42.5 Å². The Hall–Kier alpha value is -5.42. The van der Waals surface area contributed by atoms with E-state index in [2.05, 4.69) is 26.6 Å². The molecule has 11 heteroatoms. The number of nitrogens with one attached hydrogen (secondary N) is 2. The molecule has 0 bridgehead atoms. The predicted molar refractivity (Wildman–Crippen MR) is 172 cm³/mol. The first-order chi connectivity index (χ1) is 21.7. The van der Waals surface area contributed by atoms with Crippen LogP contribution in [0.4, 0.5) is 16.2 Å². The molecule has 4 aromatic rings. The first kappa shape index (κ1) is 31.0. The summed E-state index contributed by atoms with van der Waals surface area (Å²) in [6, 6.07) is 25.7. The lowest BCUT2D eigenvalue weighted by Crippen LogP contribution is -2.54. The minimum Gasteiger partial charge on any atom is -0.493 e. The highest BCUT2D eigenvalue weighted by molar-refractivity contribution is 9.10. The zero-order chi connectivity index (χ0) is 31.9. The Balaban J connectivity index is 1.30. The number of barbiturate groups is 1. The number of amides is 5. The second-order valence-corrected chi connectivity index (χ2v) is 10.8. The van der Waals surface area contributed by atoms with Crippen molar-refractivity contribution < 1.29 is 33.4 Å². The maximum absolute atomic E-state index is 13.4. The molecule has 1 fully saturated rings. The van der Waals surface area contributed by atoms with E-state index in [9.17, 15) is 19.2 Å². The van der Waals surface area contributed by atoms with Crippen molar-refractivity contribution >= 4 is 57.1 Å². The van der Waals surface area contributed by atoms with Crippen LogP contribution in [0, 0.1) is 6.92 Å². The number of benzene rings is 4. The fourth-order valence-electron chi connectivity index (χ4n) is 4.51. The molecule has 0 spiro atoms. The van der Waals surface area contributed by atoms with Crippen molar-refractivity contribution in [1.29, 1.82) is 0 Å². The molecule has 0 aromatic heterocycles. The highest BCUT2D eigenvalue weighted by Crippen LogP contribution is 2.37. The summed E-state index contributed by atoms with van der Waals surface area (Å²) in [4.78, 5) is 52.2. The van der Waals surface area contributed by atoms with Crippen LogP contribution in [0.3, 0.4) is 0 Å². The highest BCUT2D eigenvalue weighted by Gasteiger charge is 2.37. The van der Waals surface area contributed by atoms with Crippen molar-refractivity contribution in [3.05, 3.63) is 118 Å². The number of carbonyl (C=O) groups excluding carboxylic acids is 4. The van der Waals surface area contributed by atoms with E-state index >= 15 is 0 Å². The minimum atomic E-state index is -0.869. The van der Waals surface area contributed by atoms with Crippen molar-refractivity contribution in [3.63, 3.8) is 0 Å². The van der Waals surface area contributed by atoms with E-state index in [1.807, 2.05) is 55.5 Å². The quantitative estimate of drug-likeness (QED) is 0.156. The topological polar surface area (TPSA) is 123 Å². The number of halogens is 1. The number of anilines is 2. The van der Waals surface area contributed by atoms with Gasteiger partial charge in [-0.2, -0.15) is 0 Å². The molecular formula is C34H28BrN3O7. The molecule has 0 radical (unpaired) electrons. The molecular weight excluding hydrogens is 642 g/mol. The van der Waals surface area contributed by atoms with Crippen LogP contribution in [0.15, 0.2) is 101 Å². The van der Waals surface area contributed by atoms with E-state index in [1.165, 1.54) is 13.2 Å². The number of imide groups is 2. The zero-order valence-corrected chi connectivity index (χ0v) is 25.9. The lowest BCUT2D eigenvalue weighted by Gasteiger charge is -2.26. The van der Waals surface area contributed by atoms with Gasteiger partial charge in [0.25, 0.3) is 17.7 Å². The summed E-state index contributed by atoms with van der Waals surface area (Å²) in [5.74, 6) is -0.957. The fourth-order valence-corrected chi connectivity index (χ4v) is 5.09. The average Bonchev–Trinajstić information content (AvgIpc) is 3.02. The number of hydrogen-bond donors (Lipinski definition) is 2. The van der Waals surface area contributed by atoms with Crippen LogP contribution in [0.5, 0.6) is 17.2 Å². The molecule has 5 amide bonds. The number of methoxy groups -OCH3 is 1. The minimum absolute atomic E-state index is 0.252. The molecule has 10 nitrogen and oxygen atoms in total. The Labute approximate surface area is 267 Å². The third-order valence-corrected chi connectivity index (χ3v) is 7.25. The summed E-state index contributed by atoms with van der Waals surface area (Å²) in [5, 5.41) is 4.99. The first-order valence-corrected chi connectivity index (χ1v) is 14.6. The summed E-state index contributed by atoms with van der Waals surface area (Å²) in [6.45, 7) is 1.98. The van der Waals surface area contributed by atoms with Crippen LogP contribution in [-0.4, -0.2) is 37.5 Å². The van der Waals surface area contributed by atoms with E-state index in [-0.39, 0.29) is 35.3 Å². The molecule has 2 N–H and O–H groups in total. The molecule has 1 aliphatic rings. The number of aryl methyl sites for hydroxylation is 1. The molecule has 45 heavy (non-hydrogen) atoms. The Morgan fingerprint density at radius 1 is 0.933 bits per heavy atom. The van der Waals surface area contributed by atoms with Crippen molar-refractivity contribution in [2.45, 2.75) is 13.5 Å². The van der Waals surface area contributed by atoms with E-state index in [1.54, 1.807) is 42.5 Å². The predicted octanol–water partition coefficient (Wildman–Crippen LogP) is 6.03. The number of ether oxygens (including phenoxy) is 3. The largest absolute Gasteiger partial charge is 0.493 e. The van der Waals surface area contributed by atoms with Crippen LogP contribution in [0.1, 0.15) is 16.7 Å². The molecule has 4 aromatic carbocycles. The summed E-state index contributed by atoms with van der Waals surface area (Å²) < 4.78 is 17.4. The van der Waals surface area contributed by atoms with Crippen LogP contribution in [0.2, 0.25) is 0 Å². The first-order valence-electron chi connectivity index (χ1n) is 13.8. The summed E-state index contributed by atoms with van der Waals surface area (Å²) in [7, 11) is 1.42. The molecule has 1 saturated heterocycles. The van der Waals surface area contributed by atoms with Gasteiger partial charge in [0, 0.05) is 5.69 Å². The maximum Gasteiger partial charge on any atom is 0.335 e. The summed E-state index contributed by atoms with van der Waals surface area (Å²) in [5.41, 5.74) is 3.04. The van der Waals surface area contributed by atoms with Gasteiger partial charge in [0.1, 0.15) is 17.9 Å². The number of carbonyl (C=O) groups is 4. The second kappa shape index (κ2) is 13.9. The molecule has 228 valence electrons. The number of nitrogens with zero attached hydrogens (tertiary/aromatic N) is 1. The second-order valence-electron chi connectivity index (χ2n) is 9.97. The van der Waals surface area contributed by atoms with Crippen LogP contribution < -0.4 is 29.7 Å². The summed E-state index contributed by atoms with van der Waals surface area (Å²) in [6.07, 6.45) is 1.34. The smallest absolute Gasteiger partial charge is 0.335 e. The van der Waals surface area contributed by atoms with Gasteiger partial charge in [-0.15, -0.1) is 0 Å². The van der Waals surface area contributed by atoms with Crippen molar-refractivity contribution in [1.82, 2.24) is 5.32 Å². The molecule has 1 heterocycles. The summed E-state index contributed by atoms with van der Waals surface area (Å²) >= 11 is 3.42. The number of hydrogen-bond acceptors (Lipinski definition) is 7. The van der Waals surface area contributed by atoms with Gasteiger partial charge in [0.05, 0.1) is 17.3 Å². The zero-order valence-electron chi connectivity index (χ0n) is 24.3. The van der Waals surface area contributed by atoms with Gasteiger partial charge in [-0.05, 0) is 94.2 Å². The fraction of sp³-hybridized carbons (Fsp3) is 0.118. The van der Waals surface area contributed by atoms with E-state index in [0.29, 0.717) is 28.1 Å². The van der Waals surface area contributed by atoms with Crippen LogP contribution >= 0.6 is 15.9 Å². The van der Waals surface area contributed by atoms with E-state index in [0.717, 1.165) is 16.0 Å². The molecule has 0 saturated carbocycles. The molecule has 0 unspecified atom stereocenters. The lowest BCUT2D eigenvalue weighted by molar-refractivity contribution is -0.122. The van der Waals surface area contributed by atoms with E-state index < -0.39 is 17.8 Å².